The van der Waals surface area contributed by atoms with Crippen molar-refractivity contribution in [3.63, 3.8) is 0 Å². The van der Waals surface area contributed by atoms with Crippen molar-refractivity contribution in [2.24, 2.45) is 0 Å². The number of aromatic nitrogens is 6. The van der Waals surface area contributed by atoms with Crippen molar-refractivity contribution in [2.75, 3.05) is 21.2 Å². The maximum Gasteiger partial charge on any atom is 0.242 e. The molecular formula is C27H23N7O3S. The quantitative estimate of drug-likeness (QED) is 0.345. The van der Waals surface area contributed by atoms with Crippen LogP contribution in [0.25, 0.3) is 50.2 Å². The summed E-state index contributed by atoms with van der Waals surface area (Å²) in [6.07, 6.45) is 6.89. The lowest BCUT2D eigenvalue weighted by atomic mass is 9.98. The monoisotopic (exact) mass is 525 g/mol. The van der Waals surface area contributed by atoms with E-state index in [9.17, 15) is 8.42 Å². The molecule has 190 valence electrons. The van der Waals surface area contributed by atoms with Gasteiger partial charge in [-0.05, 0) is 48.0 Å². The minimum atomic E-state index is -3.62. The van der Waals surface area contributed by atoms with Gasteiger partial charge in [0, 0.05) is 49.2 Å². The summed E-state index contributed by atoms with van der Waals surface area (Å²) in [7, 11) is 1.03. The molecule has 0 radical (unpaired) electrons. The number of fused-ring (bicyclic) bond motifs is 2. The molecule has 0 atom stereocenters. The highest BCUT2D eigenvalue weighted by molar-refractivity contribution is 7.89. The smallest absolute Gasteiger partial charge is 0.242 e. The Morgan fingerprint density at radius 1 is 0.974 bits per heavy atom. The molecule has 0 aliphatic carbocycles. The second kappa shape index (κ2) is 9.05. The van der Waals surface area contributed by atoms with Gasteiger partial charge in [0.2, 0.25) is 10.0 Å². The number of aromatic amines is 1. The lowest BCUT2D eigenvalue weighted by molar-refractivity contribution is 0.419. The van der Waals surface area contributed by atoms with E-state index in [-0.39, 0.29) is 4.90 Å². The van der Waals surface area contributed by atoms with Crippen molar-refractivity contribution in [3.05, 3.63) is 79.4 Å². The number of nitrogens with zero attached hydrogens (tertiary/aromatic N) is 6. The van der Waals surface area contributed by atoms with Gasteiger partial charge in [-0.25, -0.2) is 22.2 Å². The Hall–Kier alpha value is -4.61. The van der Waals surface area contributed by atoms with Crippen molar-refractivity contribution in [3.8, 4) is 39.4 Å². The highest BCUT2D eigenvalue weighted by Crippen LogP contribution is 2.41. The summed E-state index contributed by atoms with van der Waals surface area (Å²) in [5, 5.41) is 13.1. The summed E-state index contributed by atoms with van der Waals surface area (Å²) in [5.41, 5.74) is 6.03. The molecule has 4 aromatic heterocycles. The lowest BCUT2D eigenvalue weighted by Crippen LogP contribution is -2.22. The van der Waals surface area contributed by atoms with E-state index in [1.807, 2.05) is 36.4 Å². The topological polar surface area (TPSA) is 118 Å². The Morgan fingerprint density at radius 3 is 2.55 bits per heavy atom. The number of rotatable bonds is 6. The van der Waals surface area contributed by atoms with Crippen molar-refractivity contribution in [2.45, 2.75) is 4.90 Å². The van der Waals surface area contributed by atoms with Gasteiger partial charge in [0.15, 0.2) is 5.65 Å². The first-order valence-electron chi connectivity index (χ1n) is 11.7. The molecule has 38 heavy (non-hydrogen) atoms. The van der Waals surface area contributed by atoms with Crippen LogP contribution in [0.5, 0.6) is 5.75 Å². The second-order valence-corrected chi connectivity index (χ2v) is 11.0. The Kier molecular flexibility index (Phi) is 5.66. The number of nitrogens with one attached hydrogen (secondary N) is 1. The van der Waals surface area contributed by atoms with Crippen LogP contribution in [0.1, 0.15) is 0 Å². The van der Waals surface area contributed by atoms with Gasteiger partial charge in [-0.3, -0.25) is 10.1 Å². The fourth-order valence-corrected chi connectivity index (χ4v) is 5.50. The molecule has 0 spiro atoms. The summed E-state index contributed by atoms with van der Waals surface area (Å²) < 4.78 is 34.1. The van der Waals surface area contributed by atoms with Crippen LogP contribution < -0.4 is 4.74 Å². The molecule has 0 saturated heterocycles. The van der Waals surface area contributed by atoms with Crippen LogP contribution in [-0.4, -0.2) is 63.7 Å². The van der Waals surface area contributed by atoms with E-state index in [2.05, 4.69) is 15.2 Å². The lowest BCUT2D eigenvalue weighted by Gasteiger charge is -2.12. The fourth-order valence-electron chi connectivity index (χ4n) is 4.55. The summed E-state index contributed by atoms with van der Waals surface area (Å²) in [5.74, 6) is 0.677. The van der Waals surface area contributed by atoms with E-state index in [1.54, 1.807) is 54.6 Å². The van der Waals surface area contributed by atoms with E-state index < -0.39 is 10.0 Å². The zero-order valence-corrected chi connectivity index (χ0v) is 21.6. The van der Waals surface area contributed by atoms with Gasteiger partial charge >= 0.3 is 0 Å². The molecule has 0 bridgehead atoms. The van der Waals surface area contributed by atoms with Crippen molar-refractivity contribution >= 4 is 26.6 Å². The summed E-state index contributed by atoms with van der Waals surface area (Å²) >= 11 is 0. The third-order valence-electron chi connectivity index (χ3n) is 6.45. The van der Waals surface area contributed by atoms with E-state index in [1.165, 1.54) is 18.4 Å². The molecule has 0 saturated carbocycles. The average molecular weight is 526 g/mol. The zero-order valence-electron chi connectivity index (χ0n) is 20.8. The standard InChI is InChI=1S/C27H23N7O3S/c1-33(2)38(35,36)19-6-4-5-18(15-19)22-11-14-29-27-24(25(32-34(22)27)17-9-12-28-13-10-17)20-7-8-23(37-3)26-21(20)16-30-31-26/h4-16H,1-3H3,(H,30,31). The third kappa shape index (κ3) is 3.71. The maximum absolute atomic E-state index is 12.8. The summed E-state index contributed by atoms with van der Waals surface area (Å²) in [4.78, 5) is 9.08. The molecule has 4 heterocycles. The van der Waals surface area contributed by atoms with E-state index in [4.69, 9.17) is 14.8 Å². The van der Waals surface area contributed by atoms with Crippen molar-refractivity contribution < 1.29 is 13.2 Å². The van der Waals surface area contributed by atoms with Gasteiger partial charge in [-0.15, -0.1) is 0 Å². The van der Waals surface area contributed by atoms with Crippen molar-refractivity contribution in [1.82, 2.24) is 34.1 Å². The number of ether oxygens (including phenoxy) is 1. The van der Waals surface area contributed by atoms with Crippen LogP contribution in [0.15, 0.2) is 84.3 Å². The molecular weight excluding hydrogens is 502 g/mol. The molecule has 1 N–H and O–H groups in total. The van der Waals surface area contributed by atoms with Gasteiger partial charge in [0.1, 0.15) is 17.0 Å². The van der Waals surface area contributed by atoms with Gasteiger partial charge in [-0.2, -0.15) is 10.2 Å². The molecule has 10 nitrogen and oxygen atoms in total. The number of methoxy groups -OCH3 is 1. The third-order valence-corrected chi connectivity index (χ3v) is 8.26. The van der Waals surface area contributed by atoms with Crippen LogP contribution in [0.2, 0.25) is 0 Å². The van der Waals surface area contributed by atoms with E-state index in [0.29, 0.717) is 28.3 Å². The first kappa shape index (κ1) is 23.8. The largest absolute Gasteiger partial charge is 0.494 e. The molecule has 2 aromatic carbocycles. The van der Waals surface area contributed by atoms with Gasteiger partial charge < -0.3 is 4.74 Å². The molecule has 0 fully saturated rings. The molecule has 0 aliphatic rings. The Morgan fingerprint density at radius 2 is 1.79 bits per heavy atom. The van der Waals surface area contributed by atoms with Crippen LogP contribution >= 0.6 is 0 Å². The molecule has 0 unspecified atom stereocenters. The predicted molar refractivity (Wildman–Crippen MR) is 144 cm³/mol. The normalized spacial score (nSPS) is 12.0. The van der Waals surface area contributed by atoms with Crippen LogP contribution in [0, 0.1) is 0 Å². The fraction of sp³-hybridized carbons (Fsp3) is 0.111. The first-order chi connectivity index (χ1) is 18.4. The Bertz CT molecular complexity index is 1910. The maximum atomic E-state index is 12.8. The number of benzene rings is 2. The highest BCUT2D eigenvalue weighted by atomic mass is 32.2. The SMILES string of the molecule is COc1ccc(-c2c(-c3ccncc3)nn3c(-c4cccc(S(=O)(=O)N(C)C)c4)ccnc23)c2cn[nH]c12. The minimum absolute atomic E-state index is 0.196. The summed E-state index contributed by atoms with van der Waals surface area (Å²) in [6.45, 7) is 0. The average Bonchev–Trinajstić information content (AvgIpc) is 3.59. The molecule has 11 heteroatoms. The van der Waals surface area contributed by atoms with Gasteiger partial charge in [0.25, 0.3) is 0 Å². The minimum Gasteiger partial charge on any atom is -0.494 e. The Balaban J connectivity index is 1.66. The highest BCUT2D eigenvalue weighted by Gasteiger charge is 2.23. The number of sulfonamides is 1. The Labute approximate surface area is 218 Å². The van der Waals surface area contributed by atoms with Gasteiger partial charge in [0.05, 0.1) is 29.5 Å². The van der Waals surface area contributed by atoms with Crippen LogP contribution in [0.3, 0.4) is 0 Å². The number of hydrogen-bond donors (Lipinski definition) is 1. The number of H-pyrrole nitrogens is 1. The predicted octanol–water partition coefficient (Wildman–Crippen LogP) is 4.26. The van der Waals surface area contributed by atoms with E-state index in [0.717, 1.165) is 27.6 Å². The molecule has 0 amide bonds. The zero-order chi connectivity index (χ0) is 26.4. The molecule has 6 aromatic rings. The second-order valence-electron chi connectivity index (χ2n) is 8.81. The van der Waals surface area contributed by atoms with Crippen LogP contribution in [-0.2, 0) is 10.0 Å². The molecule has 6 rings (SSSR count). The van der Waals surface area contributed by atoms with Gasteiger partial charge in [-0.1, -0.05) is 12.1 Å². The first-order valence-corrected chi connectivity index (χ1v) is 13.2. The van der Waals surface area contributed by atoms with Crippen molar-refractivity contribution in [1.29, 1.82) is 0 Å². The summed E-state index contributed by atoms with van der Waals surface area (Å²) in [6, 6.07) is 16.3. The molecule has 0 aliphatic heterocycles. The number of pyridine rings is 1. The van der Waals surface area contributed by atoms with E-state index >= 15 is 0 Å². The number of hydrogen-bond acceptors (Lipinski definition) is 7. The van der Waals surface area contributed by atoms with Crippen LogP contribution in [0.4, 0.5) is 0 Å².